The molecule has 96 valence electrons. The summed E-state index contributed by atoms with van der Waals surface area (Å²) in [7, 11) is 0. The maximum atomic E-state index is 11.3. The Balaban J connectivity index is 1.68. The van der Waals surface area contributed by atoms with E-state index in [1.807, 2.05) is 23.5 Å². The van der Waals surface area contributed by atoms with Crippen molar-refractivity contribution in [1.29, 1.82) is 0 Å². The highest BCUT2D eigenvalue weighted by Crippen LogP contribution is 2.24. The minimum atomic E-state index is -0.261. The van der Waals surface area contributed by atoms with Gasteiger partial charge < -0.3 is 5.32 Å². The molecular weight excluding hydrogens is 270 g/mol. The van der Waals surface area contributed by atoms with Crippen molar-refractivity contribution in [3.8, 4) is 0 Å². The molecule has 1 atom stereocenters. The van der Waals surface area contributed by atoms with E-state index in [1.165, 1.54) is 28.0 Å². The van der Waals surface area contributed by atoms with Gasteiger partial charge in [0.2, 0.25) is 0 Å². The molecule has 1 unspecified atom stereocenters. The number of nitrogens with one attached hydrogen (secondary N) is 2. The van der Waals surface area contributed by atoms with E-state index in [0.717, 1.165) is 12.4 Å². The molecule has 6 nitrogen and oxygen atoms in total. The Morgan fingerprint density at radius 3 is 3.33 bits per heavy atom. The molecule has 0 amide bonds. The Bertz CT molecular complexity index is 589. The topological polar surface area (TPSA) is 75.1 Å². The Hall–Kier alpha value is -1.15. The molecule has 0 bridgehead atoms. The number of H-pyrrole nitrogens is 1. The molecule has 0 aromatic carbocycles. The fraction of sp³-hybridized carbons (Fsp3) is 0.500. The molecule has 8 heteroatoms. The number of thioether (sulfide) groups is 2. The molecule has 1 fully saturated rings. The summed E-state index contributed by atoms with van der Waals surface area (Å²) in [4.78, 5) is 15.5. The average Bonchev–Trinajstić information content (AvgIpc) is 2.79. The van der Waals surface area contributed by atoms with Crippen LogP contribution in [0.2, 0.25) is 0 Å². The molecule has 0 saturated carbocycles. The molecule has 18 heavy (non-hydrogen) atoms. The first-order valence-corrected chi connectivity index (χ1v) is 7.89. The third kappa shape index (κ3) is 2.49. The smallest absolute Gasteiger partial charge is 0.348 e. The predicted molar refractivity (Wildman–Crippen MR) is 75.7 cm³/mol. The number of hydrogen-bond donors (Lipinski definition) is 2. The van der Waals surface area contributed by atoms with Crippen LogP contribution >= 0.6 is 23.5 Å². The lowest BCUT2D eigenvalue weighted by atomic mass is 10.4. The quantitative estimate of drug-likeness (QED) is 0.863. The van der Waals surface area contributed by atoms with Crippen LogP contribution in [0, 0.1) is 0 Å². The summed E-state index contributed by atoms with van der Waals surface area (Å²) in [6, 6.07) is 1.78. The zero-order valence-corrected chi connectivity index (χ0v) is 11.3. The number of aromatic amines is 1. The largest absolute Gasteiger partial charge is 0.369 e. The summed E-state index contributed by atoms with van der Waals surface area (Å²) >= 11 is 4.00. The van der Waals surface area contributed by atoms with E-state index in [-0.39, 0.29) is 5.69 Å². The highest BCUT2D eigenvalue weighted by atomic mass is 32.2. The Morgan fingerprint density at radius 2 is 2.50 bits per heavy atom. The van der Waals surface area contributed by atoms with Crippen LogP contribution in [-0.2, 0) is 0 Å². The second kappa shape index (κ2) is 5.23. The lowest BCUT2D eigenvalue weighted by molar-refractivity contribution is 0.969. The first-order chi connectivity index (χ1) is 8.83. The maximum Gasteiger partial charge on any atom is 0.348 e. The number of nitrogens with zero attached hydrogens (tertiary/aromatic N) is 3. The molecule has 1 aliphatic rings. The van der Waals surface area contributed by atoms with E-state index >= 15 is 0 Å². The molecule has 3 heterocycles. The van der Waals surface area contributed by atoms with Gasteiger partial charge in [0.1, 0.15) is 12.1 Å². The first-order valence-electron chi connectivity index (χ1n) is 5.69. The monoisotopic (exact) mass is 283 g/mol. The van der Waals surface area contributed by atoms with Gasteiger partial charge in [-0.15, -0.1) is 0 Å². The average molecular weight is 283 g/mol. The van der Waals surface area contributed by atoms with Gasteiger partial charge in [-0.1, -0.05) is 0 Å². The Kier molecular flexibility index (Phi) is 3.46. The molecule has 2 aromatic rings. The first kappa shape index (κ1) is 11.9. The number of aromatic nitrogens is 4. The molecule has 0 aliphatic carbocycles. The molecule has 2 N–H and O–H groups in total. The van der Waals surface area contributed by atoms with Gasteiger partial charge in [-0.05, 0) is 0 Å². The van der Waals surface area contributed by atoms with Crippen LogP contribution in [0.4, 0.5) is 5.82 Å². The third-order valence-electron chi connectivity index (χ3n) is 2.71. The van der Waals surface area contributed by atoms with Crippen molar-refractivity contribution in [3.05, 3.63) is 22.9 Å². The van der Waals surface area contributed by atoms with Gasteiger partial charge >= 0.3 is 5.69 Å². The van der Waals surface area contributed by atoms with Gasteiger partial charge in [0.15, 0.2) is 5.65 Å². The molecule has 0 radical (unpaired) electrons. The second-order valence-electron chi connectivity index (χ2n) is 3.98. The maximum absolute atomic E-state index is 11.3. The molecule has 0 spiro atoms. The summed E-state index contributed by atoms with van der Waals surface area (Å²) < 4.78 is 1.39. The van der Waals surface area contributed by atoms with Gasteiger partial charge in [0.05, 0.1) is 0 Å². The van der Waals surface area contributed by atoms with Crippen molar-refractivity contribution in [3.63, 3.8) is 0 Å². The molecular formula is C10H13N5OS2. The second-order valence-corrected chi connectivity index (χ2v) is 6.54. The minimum Gasteiger partial charge on any atom is -0.369 e. The van der Waals surface area contributed by atoms with Crippen LogP contribution in [0.3, 0.4) is 0 Å². The van der Waals surface area contributed by atoms with Crippen LogP contribution in [0.15, 0.2) is 17.2 Å². The van der Waals surface area contributed by atoms with Gasteiger partial charge in [-0.25, -0.2) is 19.3 Å². The van der Waals surface area contributed by atoms with Crippen LogP contribution in [-0.4, -0.2) is 48.6 Å². The van der Waals surface area contributed by atoms with E-state index in [2.05, 4.69) is 20.5 Å². The van der Waals surface area contributed by atoms with E-state index in [1.54, 1.807) is 6.07 Å². The highest BCUT2D eigenvalue weighted by Gasteiger charge is 2.14. The summed E-state index contributed by atoms with van der Waals surface area (Å²) in [5.41, 5.74) is 0.325. The van der Waals surface area contributed by atoms with Crippen LogP contribution in [0.25, 0.3) is 5.65 Å². The van der Waals surface area contributed by atoms with Gasteiger partial charge in [-0.3, -0.25) is 0 Å². The zero-order chi connectivity index (χ0) is 12.4. The van der Waals surface area contributed by atoms with Crippen molar-refractivity contribution < 1.29 is 0 Å². The van der Waals surface area contributed by atoms with Gasteiger partial charge in [-0.2, -0.15) is 28.6 Å². The standard InChI is InChI=1S/C10H13N5OS2/c16-10-14-13-9-3-8(12-6-15(9)10)11-4-7-5-17-1-2-18-7/h3,6-7,11H,1-2,4-5H2,(H,14,16). The normalized spacial score (nSPS) is 20.1. The fourth-order valence-electron chi connectivity index (χ4n) is 1.78. The third-order valence-corrected chi connectivity index (χ3v) is 5.55. The Morgan fingerprint density at radius 1 is 1.56 bits per heavy atom. The summed E-state index contributed by atoms with van der Waals surface area (Å²) in [5.74, 6) is 4.42. The number of fused-ring (bicyclic) bond motifs is 1. The van der Waals surface area contributed by atoms with E-state index in [0.29, 0.717) is 10.9 Å². The minimum absolute atomic E-state index is 0.261. The van der Waals surface area contributed by atoms with Crippen molar-refractivity contribution in [1.82, 2.24) is 19.6 Å². The van der Waals surface area contributed by atoms with E-state index in [9.17, 15) is 4.79 Å². The van der Waals surface area contributed by atoms with Crippen LogP contribution in [0.1, 0.15) is 0 Å². The van der Waals surface area contributed by atoms with Crippen molar-refractivity contribution in [2.45, 2.75) is 5.25 Å². The van der Waals surface area contributed by atoms with Crippen molar-refractivity contribution in [2.24, 2.45) is 0 Å². The predicted octanol–water partition coefficient (Wildman–Crippen LogP) is 0.678. The lowest BCUT2D eigenvalue weighted by Gasteiger charge is -2.21. The van der Waals surface area contributed by atoms with Crippen molar-refractivity contribution >= 4 is 35.0 Å². The van der Waals surface area contributed by atoms with E-state index in [4.69, 9.17) is 0 Å². The van der Waals surface area contributed by atoms with E-state index < -0.39 is 0 Å². The molecule has 3 rings (SSSR count). The number of hydrogen-bond acceptors (Lipinski definition) is 6. The number of anilines is 1. The van der Waals surface area contributed by atoms with Crippen LogP contribution in [0.5, 0.6) is 0 Å². The zero-order valence-electron chi connectivity index (χ0n) is 9.63. The summed E-state index contributed by atoms with van der Waals surface area (Å²) in [6.07, 6.45) is 1.49. The Labute approximate surface area is 112 Å². The molecule has 1 aliphatic heterocycles. The van der Waals surface area contributed by atoms with Crippen molar-refractivity contribution in [2.75, 3.05) is 29.1 Å². The lowest BCUT2D eigenvalue weighted by Crippen LogP contribution is -2.23. The SMILES string of the molecule is O=c1[nH]nc2cc(NCC3CSCCS3)ncn12. The molecule has 2 aromatic heterocycles. The number of rotatable bonds is 3. The highest BCUT2D eigenvalue weighted by molar-refractivity contribution is 8.06. The van der Waals surface area contributed by atoms with Gasteiger partial charge in [0.25, 0.3) is 0 Å². The fourth-order valence-corrected chi connectivity index (χ4v) is 4.39. The summed E-state index contributed by atoms with van der Waals surface area (Å²) in [6.45, 7) is 0.898. The molecule has 1 saturated heterocycles. The summed E-state index contributed by atoms with van der Waals surface area (Å²) in [5, 5.41) is 10.2. The van der Waals surface area contributed by atoms with Gasteiger partial charge in [0, 0.05) is 35.1 Å². The van der Waals surface area contributed by atoms with Crippen LogP contribution < -0.4 is 11.0 Å².